The van der Waals surface area contributed by atoms with E-state index in [2.05, 4.69) is 137 Å². The summed E-state index contributed by atoms with van der Waals surface area (Å²) >= 11 is 2.76. The fourth-order valence-electron chi connectivity index (χ4n) is 9.84. The molecule has 516 valence electrons. The topological polar surface area (TPSA) is 431 Å². The van der Waals surface area contributed by atoms with Gasteiger partial charge >= 0.3 is 5.97 Å². The lowest BCUT2D eigenvalue weighted by molar-refractivity contribution is -0.136. The third-order valence-electron chi connectivity index (χ3n) is 14.7. The molecule has 0 bridgehead atoms. The number of imidazole rings is 2. The number of rotatable bonds is 31. The lowest BCUT2D eigenvalue weighted by Gasteiger charge is -2.29. The molecule has 36 heteroatoms. The minimum atomic E-state index is -3.87. The van der Waals surface area contributed by atoms with E-state index in [-0.39, 0.29) is 81.6 Å². The Kier molecular flexibility index (Phi) is 24.5. The van der Waals surface area contributed by atoms with Crippen LogP contribution in [-0.4, -0.2) is 170 Å². The van der Waals surface area contributed by atoms with Crippen molar-refractivity contribution in [2.24, 2.45) is 20.5 Å². The average molecular weight is 1400 g/mol. The van der Waals surface area contributed by atoms with Gasteiger partial charge in [-0.15, -0.1) is 42.4 Å². The van der Waals surface area contributed by atoms with E-state index in [1.807, 2.05) is 57.2 Å². The summed E-state index contributed by atoms with van der Waals surface area (Å²) in [7, 11) is 0.835. The van der Waals surface area contributed by atoms with Gasteiger partial charge in [0.2, 0.25) is 45.4 Å². The number of carboxylic acid groups (broad SMARTS) is 1. The molecule has 0 saturated heterocycles. The number of pyridine rings is 1. The molecule has 0 fully saturated rings. The number of nitrogens with one attached hydrogen (secondary N) is 6. The SMILES string of the molecule is CCN(c1nc(NC(C)COC)c(N=Nc2nn(-c3ncc4[nH]cnc4n3)c(C(C)C)c2C#N)c(Sc2c(C)cccc2C)n1)C(C)COC.CCS(=O)(=O)Nc1nc(Nc2ncc[nH]2)nc(NCCCSC(C)C(=O)O)c1N=Nc1nn(-c2cc3ccccc3cn2)c(OC)c1C#N. The van der Waals surface area contributed by atoms with E-state index in [4.69, 9.17) is 34.4 Å². The number of anilines is 6. The Morgan fingerprint density at radius 3 is 2.17 bits per heavy atom. The zero-order chi connectivity index (χ0) is 70.9. The molecule has 0 saturated carbocycles. The molecule has 99 heavy (non-hydrogen) atoms. The van der Waals surface area contributed by atoms with E-state index in [1.165, 1.54) is 53.1 Å². The molecule has 0 amide bonds. The first kappa shape index (κ1) is 72.5. The van der Waals surface area contributed by atoms with Crippen LogP contribution in [0.15, 0.2) is 110 Å². The fraction of sp³-hybridized carbons (Fsp3) is 0.365. The van der Waals surface area contributed by atoms with Gasteiger partial charge in [-0.25, -0.2) is 33.3 Å². The number of H-pyrrole nitrogens is 2. The number of fused-ring (bicyclic) bond motifs is 2. The van der Waals surface area contributed by atoms with Crippen LogP contribution in [0.1, 0.15) is 88.8 Å². The van der Waals surface area contributed by atoms with Crippen molar-refractivity contribution in [1.29, 1.82) is 10.5 Å². The normalized spacial score (nSPS) is 12.5. The minimum absolute atomic E-state index is 0.000661. The maximum Gasteiger partial charge on any atom is 0.316 e. The summed E-state index contributed by atoms with van der Waals surface area (Å²) in [4.78, 5) is 61.0. The molecule has 0 aliphatic rings. The second-order valence-electron chi connectivity index (χ2n) is 22.3. The Hall–Kier alpha value is -10.8. The molecule has 0 aliphatic carbocycles. The molecule has 8 heterocycles. The van der Waals surface area contributed by atoms with Gasteiger partial charge in [-0.3, -0.25) is 14.8 Å². The maximum absolute atomic E-state index is 12.8. The van der Waals surface area contributed by atoms with E-state index >= 15 is 0 Å². The molecular weight excluding hydrogens is 1330 g/mol. The largest absolute Gasteiger partial charge is 0.480 e. The Bertz CT molecular complexity index is 4720. The number of ether oxygens (including phenoxy) is 3. The number of aromatic amines is 2. The Morgan fingerprint density at radius 2 is 1.51 bits per heavy atom. The molecule has 10 aromatic rings. The predicted molar refractivity (Wildman–Crippen MR) is 377 cm³/mol. The van der Waals surface area contributed by atoms with Crippen molar-refractivity contribution in [3.63, 3.8) is 0 Å². The summed E-state index contributed by atoms with van der Waals surface area (Å²) in [5.74, 6) is 1.02. The van der Waals surface area contributed by atoms with E-state index in [1.54, 1.807) is 52.1 Å². The number of hydrogen-bond donors (Lipinski definition) is 7. The number of aliphatic carboxylic acids is 1. The van der Waals surface area contributed by atoms with Crippen molar-refractivity contribution in [2.45, 2.75) is 102 Å². The molecule has 0 spiro atoms. The zero-order valence-electron chi connectivity index (χ0n) is 56.3. The first-order valence-electron chi connectivity index (χ1n) is 31.1. The minimum Gasteiger partial charge on any atom is -0.480 e. The highest BCUT2D eigenvalue weighted by Gasteiger charge is 2.28. The average Bonchev–Trinajstić information content (AvgIpc) is 1.71. The highest BCUT2D eigenvalue weighted by atomic mass is 32.2. The molecule has 3 unspecified atom stereocenters. The number of sulfonamides is 1. The van der Waals surface area contributed by atoms with Crippen LogP contribution in [0.4, 0.5) is 58.3 Å². The van der Waals surface area contributed by atoms with E-state index in [0.717, 1.165) is 26.8 Å². The van der Waals surface area contributed by atoms with Crippen LogP contribution >= 0.6 is 23.5 Å². The maximum atomic E-state index is 12.8. The fourth-order valence-corrected chi connectivity index (χ4v) is 12.2. The van der Waals surface area contributed by atoms with Crippen molar-refractivity contribution >= 4 is 120 Å². The smallest absolute Gasteiger partial charge is 0.316 e. The van der Waals surface area contributed by atoms with Crippen molar-refractivity contribution in [3.05, 3.63) is 108 Å². The van der Waals surface area contributed by atoms with Crippen molar-refractivity contribution < 1.29 is 32.5 Å². The summed E-state index contributed by atoms with van der Waals surface area (Å²) in [5, 5.41) is 67.9. The molecule has 2 aromatic carbocycles. The van der Waals surface area contributed by atoms with Crippen LogP contribution < -0.4 is 30.3 Å². The zero-order valence-corrected chi connectivity index (χ0v) is 58.8. The van der Waals surface area contributed by atoms with Crippen LogP contribution in [0.5, 0.6) is 5.88 Å². The number of aromatic nitrogens is 15. The number of methoxy groups -OCH3 is 3. The lowest BCUT2D eigenvalue weighted by atomic mass is 10.1. The van der Waals surface area contributed by atoms with Crippen LogP contribution in [-0.2, 0) is 24.3 Å². The quantitative estimate of drug-likeness (QED) is 0.0121. The molecule has 8 aromatic heterocycles. The summed E-state index contributed by atoms with van der Waals surface area (Å²) in [6.45, 7) is 19.1. The highest BCUT2D eigenvalue weighted by molar-refractivity contribution is 8.00. The Balaban J connectivity index is 0.000000231. The number of nitriles is 2. The number of hydrogen-bond acceptors (Lipinski definition) is 29. The second-order valence-corrected chi connectivity index (χ2v) is 26.8. The number of carboxylic acids is 1. The van der Waals surface area contributed by atoms with Crippen LogP contribution in [0.3, 0.4) is 0 Å². The van der Waals surface area contributed by atoms with Crippen LogP contribution in [0.2, 0.25) is 0 Å². The lowest BCUT2D eigenvalue weighted by Crippen LogP contribution is -2.37. The number of thioether (sulfide) groups is 1. The molecule has 33 nitrogen and oxygen atoms in total. The summed E-state index contributed by atoms with van der Waals surface area (Å²) < 4.78 is 47.2. The van der Waals surface area contributed by atoms with E-state index < -0.39 is 21.2 Å². The van der Waals surface area contributed by atoms with Gasteiger partial charge in [0.25, 0.3) is 5.95 Å². The molecule has 0 aliphatic heterocycles. The van der Waals surface area contributed by atoms with Gasteiger partial charge in [-0.05, 0) is 89.1 Å². The highest BCUT2D eigenvalue weighted by Crippen LogP contribution is 2.44. The van der Waals surface area contributed by atoms with E-state index in [0.29, 0.717) is 89.6 Å². The van der Waals surface area contributed by atoms with Gasteiger partial charge in [-0.2, -0.15) is 39.8 Å². The second kappa shape index (κ2) is 33.4. The summed E-state index contributed by atoms with van der Waals surface area (Å²) in [5.41, 5.74) is 4.48. The molecule has 7 N–H and O–H groups in total. The van der Waals surface area contributed by atoms with Crippen molar-refractivity contribution in [2.75, 3.05) is 84.7 Å². The number of benzene rings is 2. The van der Waals surface area contributed by atoms with Gasteiger partial charge in [0.05, 0.1) is 55.6 Å². The number of carbonyl (C=O) groups is 1. The summed E-state index contributed by atoms with van der Waals surface area (Å²) in [6, 6.07) is 19.8. The monoisotopic (exact) mass is 1400 g/mol. The Labute approximate surface area is 578 Å². The van der Waals surface area contributed by atoms with Crippen LogP contribution in [0.25, 0.3) is 33.7 Å². The Morgan fingerprint density at radius 1 is 0.798 bits per heavy atom. The van der Waals surface area contributed by atoms with Crippen molar-refractivity contribution in [3.8, 4) is 29.8 Å². The first-order chi connectivity index (χ1) is 47.7. The number of likely N-dealkylation sites (N-methyl/N-ethyl adjacent to an activating group) is 1. The van der Waals surface area contributed by atoms with Gasteiger partial charge in [0.1, 0.15) is 28.2 Å². The predicted octanol–water partition coefficient (Wildman–Crippen LogP) is 11.6. The summed E-state index contributed by atoms with van der Waals surface area (Å²) in [6.07, 6.45) is 8.46. The molecule has 0 radical (unpaired) electrons. The van der Waals surface area contributed by atoms with Gasteiger partial charge in [0, 0.05) is 62.2 Å². The van der Waals surface area contributed by atoms with Gasteiger partial charge < -0.3 is 44.8 Å². The van der Waals surface area contributed by atoms with Gasteiger partial charge in [-0.1, -0.05) is 68.1 Å². The molecule has 10 rings (SSSR count). The van der Waals surface area contributed by atoms with Crippen LogP contribution in [0, 0.1) is 36.5 Å². The van der Waals surface area contributed by atoms with Gasteiger partial charge in [0.15, 0.2) is 45.9 Å². The third-order valence-corrected chi connectivity index (χ3v) is 18.5. The third kappa shape index (κ3) is 17.7. The molecular formula is C63H74N26O7S3. The first-order valence-corrected chi connectivity index (χ1v) is 34.6. The number of nitrogens with zero attached hydrogens (tertiary/aromatic N) is 20. The standard InChI is InChI=1S/C34H43N13O2S.C29H31N13O5S2/c1-10-46(23(7)17-49-9)34-41-31(39-22(6)16-48-8)26(32(42-34)50-28-20(4)12-11-13-21(28)5)43-44-29-24(14-35)27(19(2)3)47(45-29)33-36-15-25-30(40-33)38-18-37-25;1-4-49(45,46)41-25-22(24(31-10-7-13-48-17(2)27(43)44)35-29(36-25)37-28-32-11-12-33-28)38-39-23-20(15-30)26(47-3)42(40-23)21-14-18-8-5-6-9-19(18)16-34-21/h11-13,15,18-19,22-23H,10,16-17H2,1-9H3,(H,39,41,42)(H,36,37,38,40);5-6,8-9,11-12,14,16-17H,4,7,10,13H2,1-3H3,(H,43,44)(H4,31,32,33,35,36,37,41). The van der Waals surface area contributed by atoms with E-state index in [9.17, 15) is 28.8 Å². The number of azo groups is 2. The number of aryl methyl sites for hydroxylation is 2. The van der Waals surface area contributed by atoms with Crippen molar-refractivity contribution in [1.82, 2.24) is 74.4 Å². The molecule has 3 atom stereocenters.